The van der Waals surface area contributed by atoms with E-state index in [1.807, 2.05) is 6.92 Å². The molecule has 84 valence electrons. The van der Waals surface area contributed by atoms with Gasteiger partial charge in [0.2, 0.25) is 0 Å². The van der Waals surface area contributed by atoms with Crippen LogP contribution in [0.4, 0.5) is 0 Å². The van der Waals surface area contributed by atoms with Gasteiger partial charge in [-0.25, -0.2) is 9.97 Å². The molecule has 0 saturated carbocycles. The summed E-state index contributed by atoms with van der Waals surface area (Å²) in [5, 5.41) is 19.7. The Morgan fingerprint density at radius 3 is 2.69 bits per heavy atom. The van der Waals surface area contributed by atoms with Crippen molar-refractivity contribution in [1.82, 2.24) is 9.97 Å². The molecule has 0 amide bonds. The Bertz CT molecular complexity index is 543. The van der Waals surface area contributed by atoms with Gasteiger partial charge in [0, 0.05) is 17.9 Å². The first-order chi connectivity index (χ1) is 7.61. The predicted molar refractivity (Wildman–Crippen MR) is 61.9 cm³/mol. The molecular weight excluding hydrogens is 228 g/mol. The van der Waals surface area contributed by atoms with Gasteiger partial charge in [-0.05, 0) is 12.5 Å². The summed E-state index contributed by atoms with van der Waals surface area (Å²) in [6.07, 6.45) is 1.61. The molecular formula is C11H11ClN2O2. The topological polar surface area (TPSA) is 66.2 Å². The lowest BCUT2D eigenvalue weighted by Crippen LogP contribution is -1.96. The number of aryl methyl sites for hydroxylation is 1. The largest absolute Gasteiger partial charge is 0.508 e. The van der Waals surface area contributed by atoms with Crippen LogP contribution in [0.2, 0.25) is 5.15 Å². The van der Waals surface area contributed by atoms with E-state index >= 15 is 0 Å². The lowest BCUT2D eigenvalue weighted by molar-refractivity contribution is 0.454. The number of phenolic OH excluding ortho intramolecular Hbond substituents is 2. The molecule has 0 unspecified atom stereocenters. The molecule has 1 heterocycles. The Morgan fingerprint density at radius 1 is 1.25 bits per heavy atom. The highest BCUT2D eigenvalue weighted by molar-refractivity contribution is 6.34. The molecule has 0 aliphatic carbocycles. The van der Waals surface area contributed by atoms with Crippen LogP contribution < -0.4 is 0 Å². The molecule has 2 N–H and O–H groups in total. The first-order valence-corrected chi connectivity index (χ1v) is 5.37. The summed E-state index contributed by atoms with van der Waals surface area (Å²) in [4.78, 5) is 8.32. The molecule has 1 aromatic carbocycles. The molecule has 0 radical (unpaired) electrons. The lowest BCUT2D eigenvalue weighted by Gasteiger charge is -2.05. The Kier molecular flexibility index (Phi) is 2.83. The number of nitrogens with zero attached hydrogens (tertiary/aromatic N) is 2. The van der Waals surface area contributed by atoms with Crippen molar-refractivity contribution in [1.29, 1.82) is 0 Å². The van der Waals surface area contributed by atoms with Crippen LogP contribution >= 0.6 is 11.6 Å². The number of phenols is 2. The second kappa shape index (κ2) is 4.14. The summed E-state index contributed by atoms with van der Waals surface area (Å²) in [5.74, 6) is 0.455. The quantitative estimate of drug-likeness (QED) is 0.790. The van der Waals surface area contributed by atoms with Gasteiger partial charge in [-0.15, -0.1) is 0 Å². The van der Waals surface area contributed by atoms with Crippen molar-refractivity contribution in [3.05, 3.63) is 23.1 Å². The molecule has 5 heteroatoms. The average Bonchev–Trinajstić information content (AvgIpc) is 2.20. The number of halogens is 1. The van der Waals surface area contributed by atoms with E-state index in [-0.39, 0.29) is 16.7 Å². The van der Waals surface area contributed by atoms with Crippen molar-refractivity contribution in [3.8, 4) is 11.5 Å². The van der Waals surface area contributed by atoms with E-state index in [2.05, 4.69) is 9.97 Å². The number of aromatic hydroxyl groups is 2. The Hall–Kier alpha value is -1.55. The van der Waals surface area contributed by atoms with Gasteiger partial charge in [0.25, 0.3) is 0 Å². The predicted octanol–water partition coefficient (Wildman–Crippen LogP) is 2.65. The zero-order valence-electron chi connectivity index (χ0n) is 8.74. The maximum atomic E-state index is 9.66. The van der Waals surface area contributed by atoms with Gasteiger partial charge in [0.05, 0.1) is 0 Å². The highest BCUT2D eigenvalue weighted by Crippen LogP contribution is 2.31. The van der Waals surface area contributed by atoms with Gasteiger partial charge >= 0.3 is 0 Å². The lowest BCUT2D eigenvalue weighted by atomic mass is 10.2. The average molecular weight is 239 g/mol. The number of fused-ring (bicyclic) bond motifs is 1. The summed E-state index contributed by atoms with van der Waals surface area (Å²) >= 11 is 5.97. The number of benzene rings is 1. The van der Waals surface area contributed by atoms with Crippen molar-refractivity contribution in [2.24, 2.45) is 0 Å². The van der Waals surface area contributed by atoms with Crippen LogP contribution in [0.15, 0.2) is 12.1 Å². The Labute approximate surface area is 97.5 Å². The van der Waals surface area contributed by atoms with Gasteiger partial charge in [0.1, 0.15) is 28.0 Å². The number of aromatic nitrogens is 2. The smallest absolute Gasteiger partial charge is 0.145 e. The molecule has 0 fully saturated rings. The fourth-order valence-corrected chi connectivity index (χ4v) is 1.78. The van der Waals surface area contributed by atoms with E-state index in [0.717, 1.165) is 6.42 Å². The minimum absolute atomic E-state index is 0.0567. The third-order valence-electron chi connectivity index (χ3n) is 2.24. The van der Waals surface area contributed by atoms with Crippen molar-refractivity contribution in [2.75, 3.05) is 0 Å². The van der Waals surface area contributed by atoms with Crippen molar-refractivity contribution in [3.63, 3.8) is 0 Å². The molecule has 4 nitrogen and oxygen atoms in total. The molecule has 0 aliphatic rings. The summed E-state index contributed by atoms with van der Waals surface area (Å²) in [6, 6.07) is 2.68. The van der Waals surface area contributed by atoms with Crippen molar-refractivity contribution < 1.29 is 10.2 Å². The van der Waals surface area contributed by atoms with Gasteiger partial charge in [0.15, 0.2) is 0 Å². The molecule has 0 aliphatic heterocycles. The minimum Gasteiger partial charge on any atom is -0.508 e. The third kappa shape index (κ3) is 1.88. The fourth-order valence-electron chi connectivity index (χ4n) is 1.54. The summed E-state index contributed by atoms with van der Waals surface area (Å²) in [6.45, 7) is 2.01. The third-order valence-corrected chi connectivity index (χ3v) is 2.53. The van der Waals surface area contributed by atoms with E-state index in [0.29, 0.717) is 23.1 Å². The maximum Gasteiger partial charge on any atom is 0.145 e. The Balaban J connectivity index is 2.71. The highest BCUT2D eigenvalue weighted by atomic mass is 35.5. The minimum atomic E-state index is -0.0864. The SMILES string of the molecule is CCCc1nc(Cl)c2cc(O)cc(O)c2n1. The summed E-state index contributed by atoms with van der Waals surface area (Å²) in [5.41, 5.74) is 0.376. The fraction of sp³-hybridized carbons (Fsp3) is 0.273. The van der Waals surface area contributed by atoms with Crippen molar-refractivity contribution in [2.45, 2.75) is 19.8 Å². The van der Waals surface area contributed by atoms with E-state index in [1.165, 1.54) is 12.1 Å². The van der Waals surface area contributed by atoms with Crippen LogP contribution in [-0.2, 0) is 6.42 Å². The van der Waals surface area contributed by atoms with Gasteiger partial charge < -0.3 is 10.2 Å². The zero-order chi connectivity index (χ0) is 11.7. The van der Waals surface area contributed by atoms with E-state index in [9.17, 15) is 10.2 Å². The monoisotopic (exact) mass is 238 g/mol. The summed E-state index contributed by atoms with van der Waals surface area (Å²) < 4.78 is 0. The van der Waals surface area contributed by atoms with Crippen LogP contribution in [0.25, 0.3) is 10.9 Å². The molecule has 1 aromatic heterocycles. The first-order valence-electron chi connectivity index (χ1n) is 5.00. The number of rotatable bonds is 2. The van der Waals surface area contributed by atoms with E-state index < -0.39 is 0 Å². The highest BCUT2D eigenvalue weighted by Gasteiger charge is 2.10. The van der Waals surface area contributed by atoms with Crippen LogP contribution in [0, 0.1) is 0 Å². The molecule has 0 spiro atoms. The van der Waals surface area contributed by atoms with Crippen molar-refractivity contribution >= 4 is 22.5 Å². The van der Waals surface area contributed by atoms with E-state index in [4.69, 9.17) is 11.6 Å². The van der Waals surface area contributed by atoms with Crippen LogP contribution in [0.5, 0.6) is 11.5 Å². The summed E-state index contributed by atoms with van der Waals surface area (Å²) in [7, 11) is 0. The van der Waals surface area contributed by atoms with Crippen LogP contribution in [0.3, 0.4) is 0 Å². The maximum absolute atomic E-state index is 9.66. The first kappa shape index (κ1) is 11.0. The van der Waals surface area contributed by atoms with Crippen LogP contribution in [-0.4, -0.2) is 20.2 Å². The van der Waals surface area contributed by atoms with Gasteiger partial charge in [-0.1, -0.05) is 18.5 Å². The van der Waals surface area contributed by atoms with Gasteiger partial charge in [-0.3, -0.25) is 0 Å². The van der Waals surface area contributed by atoms with Gasteiger partial charge in [-0.2, -0.15) is 0 Å². The second-order valence-corrected chi connectivity index (χ2v) is 3.90. The molecule has 0 atom stereocenters. The Morgan fingerprint density at radius 2 is 2.00 bits per heavy atom. The normalized spacial score (nSPS) is 10.9. The molecule has 2 rings (SSSR count). The van der Waals surface area contributed by atoms with E-state index in [1.54, 1.807) is 0 Å². The standard InChI is InChI=1S/C11H11ClN2O2/c1-2-3-9-13-10-7(11(12)14-9)4-6(15)5-8(10)16/h4-5,15-16H,2-3H2,1H3. The van der Waals surface area contributed by atoms with Crippen LogP contribution in [0.1, 0.15) is 19.2 Å². The zero-order valence-corrected chi connectivity index (χ0v) is 9.49. The second-order valence-electron chi connectivity index (χ2n) is 3.54. The number of hydrogen-bond donors (Lipinski definition) is 2. The molecule has 0 bridgehead atoms. The molecule has 16 heavy (non-hydrogen) atoms. The molecule has 0 saturated heterocycles. The molecule has 2 aromatic rings. The number of hydrogen-bond acceptors (Lipinski definition) is 4.